The zero-order chi connectivity index (χ0) is 62.4. The minimum Gasteiger partial charge on any atom is -0.386 e. The van der Waals surface area contributed by atoms with Crippen molar-refractivity contribution in [3.8, 4) is 0 Å². The molecule has 24 nitrogen and oxygen atoms in total. The lowest BCUT2D eigenvalue weighted by Gasteiger charge is -2.30. The lowest BCUT2D eigenvalue weighted by Crippen LogP contribution is -2.46. The van der Waals surface area contributed by atoms with E-state index in [9.17, 15) is 57.9 Å². The average Bonchev–Trinajstić information content (AvgIpc) is 2.05. The average molecular weight is 1280 g/mol. The van der Waals surface area contributed by atoms with Crippen molar-refractivity contribution in [2.45, 2.75) is 225 Å². The molecule has 484 valence electrons. The first-order chi connectivity index (χ1) is 40.6. The number of thioether (sulfide) groups is 1. The van der Waals surface area contributed by atoms with Gasteiger partial charge >= 0.3 is 23.5 Å². The van der Waals surface area contributed by atoms with E-state index in [2.05, 4.69) is 90.0 Å². The summed E-state index contributed by atoms with van der Waals surface area (Å²) in [5, 5.41) is 26.8. The molecule has 1 saturated heterocycles. The summed E-state index contributed by atoms with van der Waals surface area (Å²) in [7, 11) is -16.4. The van der Waals surface area contributed by atoms with E-state index >= 15 is 0 Å². The van der Waals surface area contributed by atoms with Gasteiger partial charge in [0.15, 0.2) is 22.8 Å². The molecule has 2 amide bonds. The quantitative estimate of drug-likeness (QED) is 0.0169. The first kappa shape index (κ1) is 75.8. The molecule has 0 radical (unpaired) electrons. The van der Waals surface area contributed by atoms with Crippen LogP contribution >= 0.6 is 35.2 Å². The smallest absolute Gasteiger partial charge is 0.386 e. The van der Waals surface area contributed by atoms with E-state index in [1.807, 2.05) is 0 Å². The Kier molecular flexibility index (Phi) is 37.8. The van der Waals surface area contributed by atoms with Crippen molar-refractivity contribution in [1.82, 2.24) is 30.2 Å². The van der Waals surface area contributed by atoms with Crippen LogP contribution in [0.5, 0.6) is 0 Å². The first-order valence-corrected chi connectivity index (χ1v) is 35.7. The number of rotatable bonds is 49. The number of nitrogen functional groups attached to an aromatic ring is 1. The Bertz CT molecular complexity index is 2510. The van der Waals surface area contributed by atoms with Crippen LogP contribution in [0.4, 0.5) is 5.82 Å². The Morgan fingerprint density at radius 2 is 1.24 bits per heavy atom. The van der Waals surface area contributed by atoms with Gasteiger partial charge in [0.2, 0.25) is 11.8 Å². The number of unbranched alkanes of at least 4 members (excludes halogenated alkanes) is 20. The van der Waals surface area contributed by atoms with Crippen molar-refractivity contribution >= 4 is 69.1 Å². The van der Waals surface area contributed by atoms with Gasteiger partial charge in [-0.15, -0.1) is 0 Å². The molecule has 0 aromatic carbocycles. The van der Waals surface area contributed by atoms with Crippen LogP contribution in [0.2, 0.25) is 0 Å². The number of phosphoric ester groups is 3. The van der Waals surface area contributed by atoms with Crippen LogP contribution in [0.1, 0.15) is 200 Å². The summed E-state index contributed by atoms with van der Waals surface area (Å²) in [5.41, 5.74) is 4.30. The Balaban J connectivity index is 1.13. The highest BCUT2D eigenvalue weighted by molar-refractivity contribution is 8.13. The molecular formula is C57H98N7O17P3S. The largest absolute Gasteiger partial charge is 0.481 e. The zero-order valence-electron chi connectivity index (χ0n) is 50.1. The first-order valence-electron chi connectivity index (χ1n) is 30.2. The highest BCUT2D eigenvalue weighted by Gasteiger charge is 2.50. The number of nitrogens with two attached hydrogens (primary N) is 1. The van der Waals surface area contributed by atoms with Crippen LogP contribution in [-0.4, -0.2) is 123 Å². The van der Waals surface area contributed by atoms with Gasteiger partial charge in [0.1, 0.15) is 36.3 Å². The van der Waals surface area contributed by atoms with Gasteiger partial charge in [-0.05, 0) is 51.4 Å². The van der Waals surface area contributed by atoms with E-state index in [-0.39, 0.29) is 41.6 Å². The standard InChI is InChI=1S/C57H98N7O17P3S/c1-4-5-6-7-8-9-10-11-12-13-14-15-16-17-18-19-20-21-22-23-24-25-26-27-28-29-30-31-32-33-34-35-36-37-48(66)85-41-40-59-47(65)38-39-60-55(69)52(68)57(2,3)43-78-84(75,76)81-83(73,74)77-42-46-51(80-82(70,71)72)50(67)56(79-46)64-45-63-49-53(58)61-44-62-54(49)64/h8-9,11-12,14-15,17-18,44-46,50-52,56,67-68H,4-7,10,13,16,19-43H2,1-3H3,(H,59,65)(H,60,69)(H,73,74)(H,75,76)(H2,58,61,62)(H2,70,71,72)/b9-8-,12-11-,15-14-,18-17-/t46-,50-,51-,52+,56-/m1/s1. The SMILES string of the molecule is CCCCC/C=C\C/C=C\C/C=C\C/C=C\CCCCCCCCCCCCCCCCCCCC(=O)SCCNC(=O)CCNC(=O)[C@H](O)C(C)(C)COP(=O)(O)OP(=O)(O)OC[C@H]1O[C@@H](n2cnc3c(N)ncnc32)[C@H](O)[C@@H]1OP(=O)(O)O. The summed E-state index contributed by atoms with van der Waals surface area (Å²) >= 11 is 1.16. The maximum Gasteiger partial charge on any atom is 0.481 e. The number of nitrogens with one attached hydrogen (secondary N) is 2. The maximum atomic E-state index is 12.8. The summed E-state index contributed by atoms with van der Waals surface area (Å²) in [6.07, 6.45) is 42.5. The highest BCUT2D eigenvalue weighted by atomic mass is 32.2. The minimum absolute atomic E-state index is 0.0337. The lowest BCUT2D eigenvalue weighted by molar-refractivity contribution is -0.137. The molecule has 2 unspecified atom stereocenters. The number of ether oxygens (including phenoxy) is 1. The summed E-state index contributed by atoms with van der Waals surface area (Å²) in [6.45, 7) is 2.82. The third-order valence-electron chi connectivity index (χ3n) is 14.0. The number of aromatic nitrogens is 4. The molecule has 7 atom stereocenters. The fraction of sp³-hybridized carbons (Fsp3) is 0.719. The molecule has 0 saturated carbocycles. The number of hydrogen-bond acceptors (Lipinski definition) is 18. The number of amides is 2. The predicted octanol–water partition coefficient (Wildman–Crippen LogP) is 11.1. The van der Waals surface area contributed by atoms with E-state index in [1.54, 1.807) is 0 Å². The van der Waals surface area contributed by atoms with Crippen molar-refractivity contribution in [3.05, 3.63) is 61.3 Å². The molecule has 0 aliphatic carbocycles. The normalized spacial score (nSPS) is 18.7. The van der Waals surface area contributed by atoms with Crippen LogP contribution < -0.4 is 16.4 Å². The second-order valence-corrected chi connectivity index (χ2v) is 27.3. The number of phosphoric acid groups is 3. The van der Waals surface area contributed by atoms with Gasteiger partial charge in [-0.3, -0.25) is 32.5 Å². The molecule has 2 aromatic heterocycles. The number of allylic oxidation sites excluding steroid dienone is 8. The molecule has 1 aliphatic rings. The third kappa shape index (κ3) is 33.6. The molecular weight excluding hydrogens is 1180 g/mol. The predicted molar refractivity (Wildman–Crippen MR) is 329 cm³/mol. The molecule has 0 spiro atoms. The number of nitrogens with zero attached hydrogens (tertiary/aromatic N) is 4. The van der Waals surface area contributed by atoms with Crippen molar-refractivity contribution in [2.24, 2.45) is 5.41 Å². The van der Waals surface area contributed by atoms with Crippen molar-refractivity contribution in [2.75, 3.05) is 37.8 Å². The van der Waals surface area contributed by atoms with Crippen molar-refractivity contribution in [3.63, 3.8) is 0 Å². The van der Waals surface area contributed by atoms with Gasteiger partial charge in [-0.2, -0.15) is 4.31 Å². The van der Waals surface area contributed by atoms with Gasteiger partial charge in [0, 0.05) is 37.1 Å². The monoisotopic (exact) mass is 1280 g/mol. The fourth-order valence-corrected chi connectivity index (χ4v) is 12.7. The van der Waals surface area contributed by atoms with E-state index in [1.165, 1.54) is 136 Å². The number of aliphatic hydroxyl groups is 2. The van der Waals surface area contributed by atoms with Crippen molar-refractivity contribution < 1.29 is 80.5 Å². The summed E-state index contributed by atoms with van der Waals surface area (Å²) in [6, 6.07) is 0. The number of aliphatic hydroxyl groups excluding tert-OH is 2. The number of fused-ring (bicyclic) bond motifs is 1. The molecule has 3 heterocycles. The van der Waals surface area contributed by atoms with Crippen LogP contribution in [0.15, 0.2) is 61.3 Å². The second-order valence-electron chi connectivity index (χ2n) is 21.9. The molecule has 1 fully saturated rings. The van der Waals surface area contributed by atoms with Crippen LogP contribution in [0, 0.1) is 5.41 Å². The van der Waals surface area contributed by atoms with Gasteiger partial charge in [0.25, 0.3) is 0 Å². The van der Waals surface area contributed by atoms with Crippen LogP contribution in [0.25, 0.3) is 11.2 Å². The van der Waals surface area contributed by atoms with Crippen LogP contribution in [-0.2, 0) is 50.7 Å². The number of carbonyl (C=O) groups excluding carboxylic acids is 3. The van der Waals surface area contributed by atoms with E-state index in [0.717, 1.165) is 67.5 Å². The molecule has 3 rings (SSSR count). The Morgan fingerprint density at radius 1 is 0.718 bits per heavy atom. The minimum atomic E-state index is -5.58. The maximum absolute atomic E-state index is 12.8. The third-order valence-corrected chi connectivity index (χ3v) is 18.0. The summed E-state index contributed by atoms with van der Waals surface area (Å²) in [4.78, 5) is 88.8. The van der Waals surface area contributed by atoms with E-state index < -0.39 is 84.6 Å². The molecule has 85 heavy (non-hydrogen) atoms. The Labute approximate surface area is 506 Å². The number of carbonyl (C=O) groups is 3. The van der Waals surface area contributed by atoms with Crippen molar-refractivity contribution in [1.29, 1.82) is 0 Å². The number of hydrogen-bond donors (Lipinski definition) is 9. The lowest BCUT2D eigenvalue weighted by atomic mass is 9.87. The van der Waals surface area contributed by atoms with E-state index in [0.29, 0.717) is 12.2 Å². The van der Waals surface area contributed by atoms with Gasteiger partial charge in [-0.1, -0.05) is 190 Å². The second kappa shape index (κ2) is 42.4. The molecule has 1 aliphatic heterocycles. The zero-order valence-corrected chi connectivity index (χ0v) is 53.6. The summed E-state index contributed by atoms with van der Waals surface area (Å²) < 4.78 is 62.7. The molecule has 10 N–H and O–H groups in total. The topological polar surface area (TPSA) is 364 Å². The van der Waals surface area contributed by atoms with Gasteiger partial charge < -0.3 is 50.9 Å². The molecule has 2 aromatic rings. The number of imidazole rings is 1. The number of anilines is 1. The fourth-order valence-electron chi connectivity index (χ4n) is 9.11. The Morgan fingerprint density at radius 3 is 1.79 bits per heavy atom. The Hall–Kier alpha value is -3.48. The van der Waals surface area contributed by atoms with Crippen LogP contribution in [0.3, 0.4) is 0 Å². The highest BCUT2D eigenvalue weighted by Crippen LogP contribution is 2.61. The van der Waals surface area contributed by atoms with E-state index in [4.69, 9.17) is 19.5 Å². The molecule has 0 bridgehead atoms. The van der Waals surface area contributed by atoms with Gasteiger partial charge in [-0.25, -0.2) is 28.6 Å². The summed E-state index contributed by atoms with van der Waals surface area (Å²) in [5.74, 6) is -1.02. The van der Waals surface area contributed by atoms with Gasteiger partial charge in [0.05, 0.1) is 19.5 Å². The molecule has 28 heteroatoms.